The molecule has 0 radical (unpaired) electrons. The second-order valence-electron chi connectivity index (χ2n) is 8.68. The maximum atomic E-state index is 12.3. The summed E-state index contributed by atoms with van der Waals surface area (Å²) in [5.74, 6) is -0.354. The Morgan fingerprint density at radius 2 is 1.94 bits per heavy atom. The maximum absolute atomic E-state index is 12.3. The van der Waals surface area contributed by atoms with Crippen molar-refractivity contribution in [1.29, 1.82) is 0 Å². The number of fused-ring (bicyclic) bond motifs is 1. The van der Waals surface area contributed by atoms with Crippen LogP contribution in [0.25, 0.3) is 28.0 Å². The van der Waals surface area contributed by atoms with Crippen LogP contribution in [0.2, 0.25) is 0 Å². The number of hydrogen-bond acceptors (Lipinski definition) is 6. The van der Waals surface area contributed by atoms with E-state index in [1.807, 2.05) is 6.07 Å². The van der Waals surface area contributed by atoms with Crippen LogP contribution >= 0.6 is 0 Å². The van der Waals surface area contributed by atoms with Gasteiger partial charge in [-0.15, -0.1) is 0 Å². The molecule has 4 heterocycles. The van der Waals surface area contributed by atoms with E-state index in [0.29, 0.717) is 41.1 Å². The lowest BCUT2D eigenvalue weighted by atomic mass is 10.0. The highest BCUT2D eigenvalue weighted by atomic mass is 16.3. The molecule has 1 aromatic carbocycles. The van der Waals surface area contributed by atoms with E-state index in [1.165, 1.54) is 24.3 Å². The molecule has 0 aliphatic carbocycles. The molecule has 10 heteroatoms. The molecule has 0 bridgehead atoms. The highest BCUT2D eigenvalue weighted by molar-refractivity contribution is 6.09. The Labute approximate surface area is 205 Å². The topological polar surface area (TPSA) is 136 Å². The van der Waals surface area contributed by atoms with E-state index in [-0.39, 0.29) is 28.7 Å². The summed E-state index contributed by atoms with van der Waals surface area (Å²) in [7, 11) is 0. The SMILES string of the molecule is C=CC(=O)N1CCC[C@@H](n2nc(-c3ccc(-n4ccc(=O)cc4)nc3)c3cc(O)cc(C(N)=O)c32)C1. The minimum Gasteiger partial charge on any atom is -0.508 e. The third kappa shape index (κ3) is 4.13. The number of amides is 2. The van der Waals surface area contributed by atoms with Crippen molar-refractivity contribution in [1.82, 2.24) is 24.2 Å². The maximum Gasteiger partial charge on any atom is 0.251 e. The van der Waals surface area contributed by atoms with Crippen LogP contribution in [-0.2, 0) is 4.79 Å². The molecule has 3 aromatic heterocycles. The van der Waals surface area contributed by atoms with E-state index in [1.54, 1.807) is 44.9 Å². The average molecular weight is 485 g/mol. The smallest absolute Gasteiger partial charge is 0.251 e. The van der Waals surface area contributed by atoms with Crippen LogP contribution in [0, 0.1) is 0 Å². The number of nitrogens with two attached hydrogens (primary N) is 1. The Bertz CT molecular complexity index is 1530. The fraction of sp³-hybridized carbons (Fsp3) is 0.192. The lowest BCUT2D eigenvalue weighted by Crippen LogP contribution is -2.40. The van der Waals surface area contributed by atoms with Gasteiger partial charge in [0, 0.05) is 54.8 Å². The van der Waals surface area contributed by atoms with Crippen LogP contribution in [-0.4, -0.2) is 54.2 Å². The van der Waals surface area contributed by atoms with Crippen LogP contribution in [0.1, 0.15) is 29.2 Å². The molecular weight excluding hydrogens is 460 g/mol. The third-order valence-corrected chi connectivity index (χ3v) is 6.37. The van der Waals surface area contributed by atoms with Gasteiger partial charge in [-0.3, -0.25) is 19.1 Å². The van der Waals surface area contributed by atoms with Crippen molar-refractivity contribution in [3.05, 3.63) is 83.4 Å². The predicted octanol–water partition coefficient (Wildman–Crippen LogP) is 2.40. The second-order valence-corrected chi connectivity index (χ2v) is 8.68. The van der Waals surface area contributed by atoms with Crippen LogP contribution in [0.5, 0.6) is 5.75 Å². The van der Waals surface area contributed by atoms with Crippen molar-refractivity contribution < 1.29 is 14.7 Å². The first-order valence-electron chi connectivity index (χ1n) is 11.5. The largest absolute Gasteiger partial charge is 0.508 e. The van der Waals surface area contributed by atoms with Crippen LogP contribution < -0.4 is 11.2 Å². The number of phenolic OH excluding ortho intramolecular Hbond substituents is 1. The molecule has 3 N–H and O–H groups in total. The van der Waals surface area contributed by atoms with E-state index < -0.39 is 5.91 Å². The zero-order chi connectivity index (χ0) is 25.4. The number of rotatable bonds is 5. The summed E-state index contributed by atoms with van der Waals surface area (Å²) >= 11 is 0. The molecule has 0 spiro atoms. The molecule has 0 unspecified atom stereocenters. The van der Waals surface area contributed by atoms with Crippen molar-refractivity contribution in [2.75, 3.05) is 13.1 Å². The van der Waals surface area contributed by atoms with Gasteiger partial charge in [0.05, 0.1) is 17.1 Å². The van der Waals surface area contributed by atoms with E-state index in [4.69, 9.17) is 10.8 Å². The summed E-state index contributed by atoms with van der Waals surface area (Å²) in [6.45, 7) is 4.61. The molecule has 5 rings (SSSR count). The molecule has 1 aliphatic rings. The zero-order valence-corrected chi connectivity index (χ0v) is 19.4. The number of aromatic nitrogens is 4. The van der Waals surface area contributed by atoms with Crippen molar-refractivity contribution >= 4 is 22.7 Å². The number of phenols is 1. The molecule has 36 heavy (non-hydrogen) atoms. The highest BCUT2D eigenvalue weighted by Gasteiger charge is 2.28. The summed E-state index contributed by atoms with van der Waals surface area (Å²) in [4.78, 5) is 42.2. The van der Waals surface area contributed by atoms with Gasteiger partial charge in [-0.25, -0.2) is 4.98 Å². The van der Waals surface area contributed by atoms with Crippen molar-refractivity contribution in [3.8, 4) is 22.8 Å². The fourth-order valence-electron chi connectivity index (χ4n) is 4.65. The molecular formula is C26H24N6O4. The number of likely N-dealkylation sites (tertiary alicyclic amines) is 1. The number of nitrogens with zero attached hydrogens (tertiary/aromatic N) is 5. The van der Waals surface area contributed by atoms with Gasteiger partial charge in [-0.05, 0) is 43.2 Å². The van der Waals surface area contributed by atoms with Gasteiger partial charge in [-0.2, -0.15) is 5.10 Å². The van der Waals surface area contributed by atoms with E-state index in [2.05, 4.69) is 11.6 Å². The summed E-state index contributed by atoms with van der Waals surface area (Å²) in [5.41, 5.74) is 7.42. The normalized spacial score (nSPS) is 15.7. The van der Waals surface area contributed by atoms with Gasteiger partial charge >= 0.3 is 0 Å². The summed E-state index contributed by atoms with van der Waals surface area (Å²) in [5, 5.41) is 15.8. The summed E-state index contributed by atoms with van der Waals surface area (Å²) < 4.78 is 3.45. The van der Waals surface area contributed by atoms with Crippen LogP contribution in [0.15, 0.2) is 72.4 Å². The average Bonchev–Trinajstić information content (AvgIpc) is 3.27. The molecule has 1 fully saturated rings. The monoisotopic (exact) mass is 484 g/mol. The zero-order valence-electron chi connectivity index (χ0n) is 19.4. The Hall–Kier alpha value is -4.73. The van der Waals surface area contributed by atoms with Gasteiger partial charge < -0.3 is 20.3 Å². The van der Waals surface area contributed by atoms with Gasteiger partial charge in [0.1, 0.15) is 17.3 Å². The number of piperidine rings is 1. The van der Waals surface area contributed by atoms with Crippen LogP contribution in [0.3, 0.4) is 0 Å². The first-order chi connectivity index (χ1) is 17.4. The molecule has 1 aliphatic heterocycles. The Balaban J connectivity index is 1.63. The van der Waals surface area contributed by atoms with E-state index in [0.717, 1.165) is 12.8 Å². The van der Waals surface area contributed by atoms with E-state index in [9.17, 15) is 19.5 Å². The molecule has 1 saturated heterocycles. The summed E-state index contributed by atoms with van der Waals surface area (Å²) in [6, 6.07) is 9.19. The summed E-state index contributed by atoms with van der Waals surface area (Å²) in [6.07, 6.45) is 7.70. The number of carbonyl (C=O) groups is 2. The Kier molecular flexibility index (Phi) is 5.85. The molecule has 0 saturated carbocycles. The standard InChI is InChI=1S/C26H24N6O4/c1-2-23(35)31-9-3-4-17(15-31)32-25-20(12-19(34)13-21(25)26(27)36)24(29-32)16-5-6-22(28-14-16)30-10-7-18(33)8-11-30/h2,5-8,10-14,17,34H,1,3-4,9,15H2,(H2,27,36)/t17-/m1/s1. The first-order valence-corrected chi connectivity index (χ1v) is 11.5. The van der Waals surface area contributed by atoms with Crippen molar-refractivity contribution in [2.24, 2.45) is 5.73 Å². The van der Waals surface area contributed by atoms with Crippen LogP contribution in [0.4, 0.5) is 0 Å². The Morgan fingerprint density at radius 3 is 2.61 bits per heavy atom. The van der Waals surface area contributed by atoms with Gasteiger partial charge in [-0.1, -0.05) is 6.58 Å². The number of benzene rings is 1. The van der Waals surface area contributed by atoms with Gasteiger partial charge in [0.2, 0.25) is 5.91 Å². The second kappa shape index (κ2) is 9.14. The van der Waals surface area contributed by atoms with Gasteiger partial charge in [0.15, 0.2) is 5.43 Å². The predicted molar refractivity (Wildman–Crippen MR) is 134 cm³/mol. The van der Waals surface area contributed by atoms with Gasteiger partial charge in [0.25, 0.3) is 5.91 Å². The minimum absolute atomic E-state index is 0.0963. The molecule has 4 aromatic rings. The number of pyridine rings is 2. The minimum atomic E-state index is -0.690. The molecule has 182 valence electrons. The number of primary amides is 1. The number of carbonyl (C=O) groups excluding carboxylic acids is 2. The third-order valence-electron chi connectivity index (χ3n) is 6.37. The van der Waals surface area contributed by atoms with Crippen molar-refractivity contribution in [2.45, 2.75) is 18.9 Å². The molecule has 1 atom stereocenters. The first kappa shape index (κ1) is 23.0. The molecule has 10 nitrogen and oxygen atoms in total. The molecule has 2 amide bonds. The Morgan fingerprint density at radius 1 is 1.17 bits per heavy atom. The lowest BCUT2D eigenvalue weighted by Gasteiger charge is -2.32. The van der Waals surface area contributed by atoms with Crippen molar-refractivity contribution in [3.63, 3.8) is 0 Å². The number of aromatic hydroxyl groups is 1. The lowest BCUT2D eigenvalue weighted by molar-refractivity contribution is -0.127. The van der Waals surface area contributed by atoms with E-state index >= 15 is 0 Å². The fourth-order valence-corrected chi connectivity index (χ4v) is 4.65. The highest BCUT2D eigenvalue weighted by Crippen LogP contribution is 2.36. The number of hydrogen-bond donors (Lipinski definition) is 2. The quantitative estimate of drug-likeness (QED) is 0.418.